The molecule has 2 aliphatic heterocycles. The van der Waals surface area contributed by atoms with Crippen LogP contribution in [-0.4, -0.2) is 11.2 Å². The monoisotopic (exact) mass is 220 g/mol. The molecule has 76 valence electrons. The van der Waals surface area contributed by atoms with Crippen LogP contribution < -0.4 is 10.2 Å². The molecule has 0 amide bonds. The number of para-hydroxylation sites is 2. The lowest BCUT2D eigenvalue weighted by atomic mass is 10.2. The van der Waals surface area contributed by atoms with E-state index in [1.165, 1.54) is 0 Å². The fraction of sp³-hybridized carbons (Fsp3) is 0.0909. The van der Waals surface area contributed by atoms with Crippen molar-refractivity contribution in [3.05, 3.63) is 47.6 Å². The Balaban J connectivity index is 2.01. The molecule has 2 aliphatic rings. The zero-order valence-electron chi connectivity index (χ0n) is 7.85. The van der Waals surface area contributed by atoms with E-state index in [2.05, 4.69) is 5.43 Å². The summed E-state index contributed by atoms with van der Waals surface area (Å²) >= 11 is 6.05. The molecule has 1 N–H and O–H groups in total. The van der Waals surface area contributed by atoms with Crippen molar-refractivity contribution >= 4 is 17.3 Å². The smallest absolute Gasteiger partial charge is 0.210 e. The van der Waals surface area contributed by atoms with E-state index < -0.39 is 0 Å². The predicted molar refractivity (Wildman–Crippen MR) is 59.4 cm³/mol. The number of hydrogen-bond acceptors (Lipinski definition) is 3. The zero-order valence-corrected chi connectivity index (χ0v) is 8.61. The fourth-order valence-electron chi connectivity index (χ4n) is 1.65. The summed E-state index contributed by atoms with van der Waals surface area (Å²) in [5.74, 6) is 0.842. The van der Waals surface area contributed by atoms with Gasteiger partial charge in [0.2, 0.25) is 6.23 Å². The molecule has 1 unspecified atom stereocenters. The molecule has 3 nitrogen and oxygen atoms in total. The number of anilines is 1. The molecule has 0 radical (unpaired) electrons. The highest BCUT2D eigenvalue weighted by molar-refractivity contribution is 6.29. The van der Waals surface area contributed by atoms with E-state index in [9.17, 15) is 0 Å². The Bertz CT molecular complexity index is 456. The molecule has 15 heavy (non-hydrogen) atoms. The van der Waals surface area contributed by atoms with Crippen molar-refractivity contribution in [2.75, 3.05) is 5.43 Å². The number of benzene rings is 1. The summed E-state index contributed by atoms with van der Waals surface area (Å²) in [4.78, 5) is 0. The largest absolute Gasteiger partial charge is 0.463 e. The van der Waals surface area contributed by atoms with Gasteiger partial charge in [0.25, 0.3) is 0 Å². The molecule has 0 spiro atoms. The highest BCUT2D eigenvalue weighted by atomic mass is 35.5. The van der Waals surface area contributed by atoms with Crippen LogP contribution in [0.25, 0.3) is 0 Å². The standard InChI is InChI=1S/C11H9ClN2O/c12-10-6-3-7-11-14(10)13-8-4-1-2-5-9(8)15-11/h1-7,11,13H. The first-order valence-electron chi connectivity index (χ1n) is 4.70. The summed E-state index contributed by atoms with van der Waals surface area (Å²) < 4.78 is 5.76. The Morgan fingerprint density at radius 3 is 3.13 bits per heavy atom. The maximum absolute atomic E-state index is 6.05. The summed E-state index contributed by atoms with van der Waals surface area (Å²) in [7, 11) is 0. The lowest BCUT2D eigenvalue weighted by Crippen LogP contribution is -2.44. The first kappa shape index (κ1) is 8.68. The van der Waals surface area contributed by atoms with Crippen LogP contribution in [0.4, 0.5) is 5.69 Å². The van der Waals surface area contributed by atoms with Crippen LogP contribution >= 0.6 is 11.6 Å². The molecule has 4 heteroatoms. The maximum Gasteiger partial charge on any atom is 0.210 e. The van der Waals surface area contributed by atoms with Crippen molar-refractivity contribution in [3.63, 3.8) is 0 Å². The number of nitrogens with one attached hydrogen (secondary N) is 1. The number of hydrazine groups is 1. The molecule has 1 atom stereocenters. The Labute approximate surface area is 92.6 Å². The normalized spacial score (nSPS) is 22.1. The summed E-state index contributed by atoms with van der Waals surface area (Å²) in [6.45, 7) is 0. The first-order chi connectivity index (χ1) is 7.34. The van der Waals surface area contributed by atoms with E-state index in [1.54, 1.807) is 5.01 Å². The third kappa shape index (κ3) is 1.36. The van der Waals surface area contributed by atoms with Crippen LogP contribution in [0.3, 0.4) is 0 Å². The van der Waals surface area contributed by atoms with Crippen molar-refractivity contribution in [3.8, 4) is 5.75 Å². The highest BCUT2D eigenvalue weighted by Crippen LogP contribution is 2.34. The van der Waals surface area contributed by atoms with E-state index in [0.717, 1.165) is 11.4 Å². The molecule has 0 bridgehead atoms. The molecule has 1 aromatic rings. The second-order valence-electron chi connectivity index (χ2n) is 3.36. The molecule has 0 aromatic heterocycles. The van der Waals surface area contributed by atoms with Gasteiger partial charge in [0.05, 0.1) is 5.69 Å². The van der Waals surface area contributed by atoms with Gasteiger partial charge in [0.1, 0.15) is 10.9 Å². The zero-order chi connectivity index (χ0) is 10.3. The Morgan fingerprint density at radius 2 is 2.20 bits per heavy atom. The van der Waals surface area contributed by atoms with E-state index >= 15 is 0 Å². The summed E-state index contributed by atoms with van der Waals surface area (Å²) in [6.07, 6.45) is 5.48. The van der Waals surface area contributed by atoms with Gasteiger partial charge in [0, 0.05) is 0 Å². The van der Waals surface area contributed by atoms with Crippen LogP contribution in [-0.2, 0) is 0 Å². The van der Waals surface area contributed by atoms with Crippen LogP contribution in [0.1, 0.15) is 0 Å². The fourth-order valence-corrected chi connectivity index (χ4v) is 1.86. The molecule has 0 saturated carbocycles. The average molecular weight is 221 g/mol. The van der Waals surface area contributed by atoms with Gasteiger partial charge in [-0.1, -0.05) is 29.8 Å². The third-order valence-electron chi connectivity index (χ3n) is 2.37. The van der Waals surface area contributed by atoms with Gasteiger partial charge >= 0.3 is 0 Å². The van der Waals surface area contributed by atoms with Gasteiger partial charge in [-0.05, 0) is 24.3 Å². The number of allylic oxidation sites excluding steroid dienone is 2. The van der Waals surface area contributed by atoms with Gasteiger partial charge in [-0.15, -0.1) is 0 Å². The van der Waals surface area contributed by atoms with Crippen molar-refractivity contribution in [2.24, 2.45) is 0 Å². The molecule has 3 rings (SSSR count). The molecular weight excluding hydrogens is 212 g/mol. The van der Waals surface area contributed by atoms with E-state index in [4.69, 9.17) is 16.3 Å². The van der Waals surface area contributed by atoms with E-state index in [1.807, 2.05) is 42.5 Å². The van der Waals surface area contributed by atoms with Crippen LogP contribution in [0.2, 0.25) is 0 Å². The lowest BCUT2D eigenvalue weighted by molar-refractivity contribution is 0.102. The van der Waals surface area contributed by atoms with Crippen LogP contribution in [0.15, 0.2) is 47.6 Å². The molecule has 0 fully saturated rings. The Morgan fingerprint density at radius 1 is 1.33 bits per heavy atom. The Hall–Kier alpha value is -1.61. The van der Waals surface area contributed by atoms with Crippen molar-refractivity contribution < 1.29 is 4.74 Å². The van der Waals surface area contributed by atoms with Gasteiger partial charge in [0.15, 0.2) is 0 Å². The minimum absolute atomic E-state index is 0.169. The summed E-state index contributed by atoms with van der Waals surface area (Å²) in [5.41, 5.74) is 4.13. The van der Waals surface area contributed by atoms with Crippen molar-refractivity contribution in [1.29, 1.82) is 0 Å². The summed E-state index contributed by atoms with van der Waals surface area (Å²) in [5, 5.41) is 2.40. The number of halogens is 1. The van der Waals surface area contributed by atoms with Crippen molar-refractivity contribution in [1.82, 2.24) is 5.01 Å². The van der Waals surface area contributed by atoms with Crippen molar-refractivity contribution in [2.45, 2.75) is 6.23 Å². The highest BCUT2D eigenvalue weighted by Gasteiger charge is 2.27. The van der Waals surface area contributed by atoms with Crippen LogP contribution in [0.5, 0.6) is 5.75 Å². The topological polar surface area (TPSA) is 24.5 Å². The minimum Gasteiger partial charge on any atom is -0.463 e. The quantitative estimate of drug-likeness (QED) is 0.681. The second-order valence-corrected chi connectivity index (χ2v) is 3.75. The second kappa shape index (κ2) is 3.21. The number of fused-ring (bicyclic) bond motifs is 2. The average Bonchev–Trinajstić information content (AvgIpc) is 2.27. The SMILES string of the molecule is ClC1=CC=CC2Oc3ccccc3NN12. The number of rotatable bonds is 0. The van der Waals surface area contributed by atoms with Gasteiger partial charge < -0.3 is 4.74 Å². The number of hydrogen-bond donors (Lipinski definition) is 1. The van der Waals surface area contributed by atoms with Gasteiger partial charge in [-0.2, -0.15) is 0 Å². The molecule has 0 saturated heterocycles. The first-order valence-corrected chi connectivity index (χ1v) is 5.08. The Kier molecular flexibility index (Phi) is 1.86. The van der Waals surface area contributed by atoms with Gasteiger partial charge in [-0.3, -0.25) is 5.43 Å². The maximum atomic E-state index is 6.05. The lowest BCUT2D eigenvalue weighted by Gasteiger charge is -2.38. The molecule has 2 heterocycles. The van der Waals surface area contributed by atoms with E-state index in [0.29, 0.717) is 5.16 Å². The third-order valence-corrected chi connectivity index (χ3v) is 2.68. The molecule has 0 aliphatic carbocycles. The van der Waals surface area contributed by atoms with Gasteiger partial charge in [-0.25, -0.2) is 5.01 Å². The number of nitrogens with zero attached hydrogens (tertiary/aromatic N) is 1. The van der Waals surface area contributed by atoms with Crippen LogP contribution in [0, 0.1) is 0 Å². The predicted octanol–water partition coefficient (Wildman–Crippen LogP) is 2.68. The van der Waals surface area contributed by atoms with E-state index in [-0.39, 0.29) is 6.23 Å². The number of ether oxygens (including phenoxy) is 1. The minimum atomic E-state index is -0.169. The summed E-state index contributed by atoms with van der Waals surface area (Å²) in [6, 6.07) is 7.78. The molecule has 1 aromatic carbocycles. The molecular formula is C11H9ClN2O.